The first-order valence-corrected chi connectivity index (χ1v) is 11.6. The lowest BCUT2D eigenvalue weighted by molar-refractivity contribution is -0.149. The number of alkyl carbamates (subject to hydrolysis) is 1. The molecule has 2 aliphatic rings. The zero-order valence-corrected chi connectivity index (χ0v) is 19.0. The molecule has 0 radical (unpaired) electrons. The molecule has 0 saturated carbocycles. The summed E-state index contributed by atoms with van der Waals surface area (Å²) < 4.78 is 5.61. The van der Waals surface area contributed by atoms with Crippen molar-refractivity contribution in [2.45, 2.75) is 51.1 Å². The molecule has 1 aliphatic heterocycles. The molecule has 1 heterocycles. The molecule has 3 atom stereocenters. The summed E-state index contributed by atoms with van der Waals surface area (Å²) in [6, 6.07) is 14.5. The molecule has 2 aromatic rings. The highest BCUT2D eigenvalue weighted by Crippen LogP contribution is 2.44. The Morgan fingerprint density at radius 2 is 1.70 bits per heavy atom. The molecule has 0 aromatic heterocycles. The summed E-state index contributed by atoms with van der Waals surface area (Å²) in [5.41, 5.74) is 4.51. The molecule has 0 spiro atoms. The summed E-state index contributed by atoms with van der Waals surface area (Å²) in [6.07, 6.45) is 1.06. The Morgan fingerprint density at radius 3 is 2.27 bits per heavy atom. The van der Waals surface area contributed by atoms with Crippen molar-refractivity contribution < 1.29 is 24.2 Å². The van der Waals surface area contributed by atoms with Crippen molar-refractivity contribution in [1.82, 2.24) is 10.2 Å². The molecular formula is C26H30N2O5. The van der Waals surface area contributed by atoms with Gasteiger partial charge >= 0.3 is 12.1 Å². The number of fused-ring (bicyclic) bond motifs is 3. The minimum Gasteiger partial charge on any atom is -0.480 e. The summed E-state index contributed by atoms with van der Waals surface area (Å²) >= 11 is 0. The Hall–Kier alpha value is -3.35. The molecule has 1 fully saturated rings. The molecule has 4 rings (SSSR count). The smallest absolute Gasteiger partial charge is 0.407 e. The first kappa shape index (κ1) is 22.8. The van der Waals surface area contributed by atoms with E-state index in [2.05, 4.69) is 17.4 Å². The van der Waals surface area contributed by atoms with Crippen LogP contribution < -0.4 is 5.32 Å². The lowest BCUT2D eigenvalue weighted by Gasteiger charge is -2.30. The van der Waals surface area contributed by atoms with E-state index in [1.807, 2.05) is 50.2 Å². The summed E-state index contributed by atoms with van der Waals surface area (Å²) in [5, 5.41) is 12.2. The monoisotopic (exact) mass is 450 g/mol. The lowest BCUT2D eigenvalue weighted by Crippen LogP contribution is -2.54. The highest BCUT2D eigenvalue weighted by molar-refractivity contribution is 5.90. The highest BCUT2D eigenvalue weighted by Gasteiger charge is 2.39. The first-order chi connectivity index (χ1) is 15.9. The maximum atomic E-state index is 13.2. The summed E-state index contributed by atoms with van der Waals surface area (Å²) in [7, 11) is 0. The molecule has 1 aliphatic carbocycles. The van der Waals surface area contributed by atoms with Crippen LogP contribution in [0.25, 0.3) is 11.1 Å². The number of nitrogens with one attached hydrogen (secondary N) is 1. The second kappa shape index (κ2) is 9.65. The molecule has 1 saturated heterocycles. The van der Waals surface area contributed by atoms with Gasteiger partial charge in [-0.15, -0.1) is 0 Å². The Kier molecular flexibility index (Phi) is 6.67. The number of hydrogen-bond acceptors (Lipinski definition) is 4. The average molecular weight is 451 g/mol. The van der Waals surface area contributed by atoms with Crippen molar-refractivity contribution in [1.29, 1.82) is 0 Å². The van der Waals surface area contributed by atoms with Gasteiger partial charge in [0.2, 0.25) is 5.91 Å². The van der Waals surface area contributed by atoms with Crippen LogP contribution in [-0.4, -0.2) is 53.2 Å². The third kappa shape index (κ3) is 4.45. The summed E-state index contributed by atoms with van der Waals surface area (Å²) in [6.45, 7) is 4.35. The molecule has 2 aromatic carbocycles. The molecular weight excluding hydrogens is 420 g/mol. The van der Waals surface area contributed by atoms with Crippen molar-refractivity contribution in [3.63, 3.8) is 0 Å². The van der Waals surface area contributed by atoms with Crippen LogP contribution in [0.4, 0.5) is 4.79 Å². The molecule has 174 valence electrons. The van der Waals surface area contributed by atoms with E-state index in [0.717, 1.165) is 22.3 Å². The van der Waals surface area contributed by atoms with Crippen LogP contribution in [0.2, 0.25) is 0 Å². The molecule has 0 bridgehead atoms. The lowest BCUT2D eigenvalue weighted by atomic mass is 9.97. The number of likely N-dealkylation sites (tertiary alicyclic amines) is 1. The Labute approximate surface area is 193 Å². The molecule has 2 amide bonds. The highest BCUT2D eigenvalue weighted by atomic mass is 16.5. The Morgan fingerprint density at radius 1 is 1.09 bits per heavy atom. The minimum atomic E-state index is -1.01. The summed E-state index contributed by atoms with van der Waals surface area (Å²) in [4.78, 5) is 38.9. The van der Waals surface area contributed by atoms with Gasteiger partial charge < -0.3 is 20.1 Å². The van der Waals surface area contributed by atoms with Gasteiger partial charge in [0.25, 0.3) is 0 Å². The van der Waals surface area contributed by atoms with Gasteiger partial charge in [0.05, 0.1) is 0 Å². The number of amides is 2. The molecule has 7 heteroatoms. The number of hydrogen-bond donors (Lipinski definition) is 2. The van der Waals surface area contributed by atoms with Gasteiger partial charge in [-0.25, -0.2) is 9.59 Å². The predicted molar refractivity (Wildman–Crippen MR) is 124 cm³/mol. The van der Waals surface area contributed by atoms with Gasteiger partial charge in [-0.1, -0.05) is 68.8 Å². The second-order valence-electron chi connectivity index (χ2n) is 8.86. The number of rotatable bonds is 7. The number of carboxylic acid groups (broad SMARTS) is 1. The fraction of sp³-hybridized carbons (Fsp3) is 0.423. The van der Waals surface area contributed by atoms with Crippen molar-refractivity contribution in [3.8, 4) is 11.1 Å². The van der Waals surface area contributed by atoms with E-state index in [1.54, 1.807) is 0 Å². The van der Waals surface area contributed by atoms with Crippen molar-refractivity contribution in [2.24, 2.45) is 5.92 Å². The van der Waals surface area contributed by atoms with E-state index in [-0.39, 0.29) is 24.3 Å². The van der Waals surface area contributed by atoms with Gasteiger partial charge in [0, 0.05) is 12.5 Å². The predicted octanol–water partition coefficient (Wildman–Crippen LogP) is 4.02. The molecule has 33 heavy (non-hydrogen) atoms. The van der Waals surface area contributed by atoms with E-state index >= 15 is 0 Å². The fourth-order valence-electron chi connectivity index (χ4n) is 4.92. The number of nitrogens with zero attached hydrogens (tertiary/aromatic N) is 1. The Bertz CT molecular complexity index is 1010. The Balaban J connectivity index is 1.46. The maximum Gasteiger partial charge on any atom is 0.407 e. The number of benzene rings is 2. The zero-order chi connectivity index (χ0) is 23.5. The maximum absolute atomic E-state index is 13.2. The van der Waals surface area contributed by atoms with E-state index in [4.69, 9.17) is 4.74 Å². The third-order valence-electron chi connectivity index (χ3n) is 6.92. The summed E-state index contributed by atoms with van der Waals surface area (Å²) in [5.74, 6) is -1.60. The van der Waals surface area contributed by atoms with Crippen LogP contribution in [-0.2, 0) is 14.3 Å². The van der Waals surface area contributed by atoms with Gasteiger partial charge in [-0.05, 0) is 41.0 Å². The molecule has 7 nitrogen and oxygen atoms in total. The largest absolute Gasteiger partial charge is 0.480 e. The van der Waals surface area contributed by atoms with E-state index in [0.29, 0.717) is 25.8 Å². The van der Waals surface area contributed by atoms with Crippen LogP contribution >= 0.6 is 0 Å². The van der Waals surface area contributed by atoms with Crippen molar-refractivity contribution in [3.05, 3.63) is 59.7 Å². The zero-order valence-electron chi connectivity index (χ0n) is 19.0. The standard InChI is InChI=1S/C26H30N2O5/c1-3-16(2)23(24(29)28-14-8-13-22(28)25(30)31)27-26(32)33-15-21-19-11-6-4-9-17(19)18-10-5-7-12-20(18)21/h4-7,9-12,16,21-23H,3,8,13-15H2,1-2H3,(H,27,32)(H,30,31)/t16?,22?,23-/m0/s1. The van der Waals surface area contributed by atoms with Gasteiger partial charge in [0.1, 0.15) is 18.7 Å². The van der Waals surface area contributed by atoms with Gasteiger partial charge in [0.15, 0.2) is 0 Å². The SMILES string of the molecule is CCC(C)[C@H](NC(=O)OCC1c2ccccc2-c2ccccc21)C(=O)N1CCCC1C(=O)O. The third-order valence-corrected chi connectivity index (χ3v) is 6.92. The number of carbonyl (C=O) groups excluding carboxylic acids is 2. The number of aliphatic carboxylic acids is 1. The molecule has 2 N–H and O–H groups in total. The number of carboxylic acids is 1. The van der Waals surface area contributed by atoms with Crippen LogP contribution in [0.5, 0.6) is 0 Å². The van der Waals surface area contributed by atoms with Crippen molar-refractivity contribution in [2.75, 3.05) is 13.2 Å². The van der Waals surface area contributed by atoms with Crippen LogP contribution in [0.15, 0.2) is 48.5 Å². The first-order valence-electron chi connectivity index (χ1n) is 11.6. The van der Waals surface area contributed by atoms with Gasteiger partial charge in [-0.2, -0.15) is 0 Å². The van der Waals surface area contributed by atoms with Crippen LogP contribution in [0, 0.1) is 5.92 Å². The van der Waals surface area contributed by atoms with E-state index in [1.165, 1.54) is 4.90 Å². The normalized spacial score (nSPS) is 18.8. The molecule has 2 unspecified atom stereocenters. The number of ether oxygens (including phenoxy) is 1. The van der Waals surface area contributed by atoms with Crippen LogP contribution in [0.3, 0.4) is 0 Å². The quantitative estimate of drug-likeness (QED) is 0.664. The second-order valence-corrected chi connectivity index (χ2v) is 8.86. The average Bonchev–Trinajstić information content (AvgIpc) is 3.44. The fourth-order valence-corrected chi connectivity index (χ4v) is 4.92. The van der Waals surface area contributed by atoms with Crippen LogP contribution in [0.1, 0.15) is 50.2 Å². The van der Waals surface area contributed by atoms with E-state index in [9.17, 15) is 19.5 Å². The minimum absolute atomic E-state index is 0.0733. The van der Waals surface area contributed by atoms with E-state index < -0.39 is 24.1 Å². The topological polar surface area (TPSA) is 95.9 Å². The van der Waals surface area contributed by atoms with Crippen molar-refractivity contribution >= 4 is 18.0 Å². The van der Waals surface area contributed by atoms with Gasteiger partial charge in [-0.3, -0.25) is 4.79 Å². The number of carbonyl (C=O) groups is 3.